The molecule has 1 aliphatic heterocycles. The highest BCUT2D eigenvalue weighted by Crippen LogP contribution is 2.30. The second-order valence-corrected chi connectivity index (χ2v) is 5.34. The molecule has 0 aliphatic carbocycles. The van der Waals surface area contributed by atoms with Gasteiger partial charge in [-0.3, -0.25) is 4.79 Å². The van der Waals surface area contributed by atoms with Crippen molar-refractivity contribution in [3.05, 3.63) is 53.1 Å². The number of primary amides is 1. The lowest BCUT2D eigenvalue weighted by Crippen LogP contribution is -2.29. The minimum atomic E-state index is -0.547. The number of halogens is 1. The normalized spacial score (nSPS) is 14.8. The molecule has 1 aromatic carbocycles. The minimum absolute atomic E-state index is 0.253. The van der Waals surface area contributed by atoms with Crippen LogP contribution in [0.4, 0.5) is 4.39 Å². The molecule has 0 atom stereocenters. The summed E-state index contributed by atoms with van der Waals surface area (Å²) in [4.78, 5) is 18.0. The zero-order chi connectivity index (χ0) is 15.0. The van der Waals surface area contributed by atoms with Crippen molar-refractivity contribution in [2.75, 3.05) is 13.6 Å². The Balaban J connectivity index is 2.18. The number of nitrogens with two attached hydrogens (primary N) is 1. The maximum absolute atomic E-state index is 13.1. The van der Waals surface area contributed by atoms with Crippen LogP contribution in [-0.4, -0.2) is 29.4 Å². The van der Waals surface area contributed by atoms with Crippen molar-refractivity contribution in [1.82, 2.24) is 9.88 Å². The van der Waals surface area contributed by atoms with E-state index in [1.54, 1.807) is 18.2 Å². The monoisotopic (exact) mass is 285 g/mol. The van der Waals surface area contributed by atoms with Crippen LogP contribution >= 0.6 is 0 Å². The van der Waals surface area contributed by atoms with Crippen molar-refractivity contribution in [2.45, 2.75) is 13.0 Å². The molecule has 0 fully saturated rings. The smallest absolute Gasteiger partial charge is 0.267 e. The first kappa shape index (κ1) is 13.7. The van der Waals surface area contributed by atoms with Crippen molar-refractivity contribution in [3.8, 4) is 11.1 Å². The molecule has 1 aliphatic rings. The Kier molecular flexibility index (Phi) is 3.43. The number of hydrogen-bond donors (Lipinski definition) is 1. The van der Waals surface area contributed by atoms with Crippen LogP contribution in [0.15, 0.2) is 30.3 Å². The highest BCUT2D eigenvalue weighted by molar-refractivity contribution is 5.92. The van der Waals surface area contributed by atoms with Crippen LogP contribution < -0.4 is 5.73 Å². The third kappa shape index (κ3) is 2.64. The van der Waals surface area contributed by atoms with Crippen molar-refractivity contribution in [3.63, 3.8) is 0 Å². The number of aromatic nitrogens is 1. The Morgan fingerprint density at radius 1 is 1.33 bits per heavy atom. The molecule has 2 N–H and O–H groups in total. The van der Waals surface area contributed by atoms with E-state index < -0.39 is 5.91 Å². The zero-order valence-corrected chi connectivity index (χ0v) is 11.8. The molecule has 1 amide bonds. The molecular formula is C16H16FN3O. The van der Waals surface area contributed by atoms with Gasteiger partial charge in [0.2, 0.25) is 0 Å². The molecule has 0 unspecified atom stereocenters. The van der Waals surface area contributed by atoms with Crippen molar-refractivity contribution >= 4 is 5.91 Å². The lowest BCUT2D eigenvalue weighted by atomic mass is 9.93. The number of carbonyl (C=O) groups excluding carboxylic acids is 1. The van der Waals surface area contributed by atoms with E-state index in [0.717, 1.165) is 35.3 Å². The molecule has 2 heterocycles. The van der Waals surface area contributed by atoms with E-state index in [-0.39, 0.29) is 11.5 Å². The first-order valence-electron chi connectivity index (χ1n) is 6.81. The van der Waals surface area contributed by atoms with Gasteiger partial charge in [0.1, 0.15) is 11.5 Å². The van der Waals surface area contributed by atoms with Gasteiger partial charge in [0.05, 0.1) is 5.69 Å². The van der Waals surface area contributed by atoms with Crippen LogP contribution in [0.3, 0.4) is 0 Å². The van der Waals surface area contributed by atoms with Gasteiger partial charge in [-0.15, -0.1) is 0 Å². The summed E-state index contributed by atoms with van der Waals surface area (Å²) in [5, 5.41) is 0. The average Bonchev–Trinajstić information content (AvgIpc) is 2.46. The highest BCUT2D eigenvalue weighted by atomic mass is 19.1. The maximum Gasteiger partial charge on any atom is 0.267 e. The molecule has 21 heavy (non-hydrogen) atoms. The Bertz CT molecular complexity index is 697. The highest BCUT2D eigenvalue weighted by Gasteiger charge is 2.21. The summed E-state index contributed by atoms with van der Waals surface area (Å²) in [6.07, 6.45) is 0.852. The van der Waals surface area contributed by atoms with E-state index in [9.17, 15) is 9.18 Å². The van der Waals surface area contributed by atoms with E-state index >= 15 is 0 Å². The Morgan fingerprint density at radius 2 is 2.05 bits per heavy atom. The summed E-state index contributed by atoms with van der Waals surface area (Å²) in [6, 6.07) is 7.98. The second-order valence-electron chi connectivity index (χ2n) is 5.34. The number of carbonyl (C=O) groups is 1. The van der Waals surface area contributed by atoms with Crippen molar-refractivity contribution < 1.29 is 9.18 Å². The van der Waals surface area contributed by atoms with Crippen LogP contribution in [0.25, 0.3) is 11.1 Å². The van der Waals surface area contributed by atoms with Gasteiger partial charge in [0.15, 0.2) is 0 Å². The van der Waals surface area contributed by atoms with Gasteiger partial charge in [0, 0.05) is 13.1 Å². The molecule has 0 saturated carbocycles. The van der Waals surface area contributed by atoms with Gasteiger partial charge >= 0.3 is 0 Å². The number of hydrogen-bond acceptors (Lipinski definition) is 3. The number of benzene rings is 1. The number of fused-ring (bicyclic) bond motifs is 1. The summed E-state index contributed by atoms with van der Waals surface area (Å²) in [5.41, 5.74) is 9.42. The lowest BCUT2D eigenvalue weighted by Gasteiger charge is -2.26. The fourth-order valence-corrected chi connectivity index (χ4v) is 2.68. The van der Waals surface area contributed by atoms with Gasteiger partial charge in [0.25, 0.3) is 5.91 Å². The van der Waals surface area contributed by atoms with E-state index in [4.69, 9.17) is 5.73 Å². The number of likely N-dealkylation sites (N-methyl/N-ethyl adjacent to an activating group) is 1. The van der Waals surface area contributed by atoms with Crippen LogP contribution in [-0.2, 0) is 13.0 Å². The molecule has 108 valence electrons. The maximum atomic E-state index is 13.1. The fourth-order valence-electron chi connectivity index (χ4n) is 2.68. The van der Waals surface area contributed by atoms with Crippen LogP contribution in [0.5, 0.6) is 0 Å². The summed E-state index contributed by atoms with van der Waals surface area (Å²) in [7, 11) is 2.01. The third-order valence-corrected chi connectivity index (χ3v) is 3.78. The van der Waals surface area contributed by atoms with Crippen LogP contribution in [0.1, 0.15) is 21.7 Å². The second kappa shape index (κ2) is 5.26. The predicted molar refractivity (Wildman–Crippen MR) is 78.2 cm³/mol. The van der Waals surface area contributed by atoms with Gasteiger partial charge < -0.3 is 10.6 Å². The van der Waals surface area contributed by atoms with Gasteiger partial charge in [-0.25, -0.2) is 9.37 Å². The van der Waals surface area contributed by atoms with Gasteiger partial charge in [-0.05, 0) is 48.4 Å². The summed E-state index contributed by atoms with van der Waals surface area (Å²) in [6.45, 7) is 1.61. The number of nitrogens with zero attached hydrogens (tertiary/aromatic N) is 2. The van der Waals surface area contributed by atoms with E-state index in [2.05, 4.69) is 9.88 Å². The topological polar surface area (TPSA) is 59.2 Å². The molecule has 5 heteroatoms. The molecule has 4 nitrogen and oxygen atoms in total. The van der Waals surface area contributed by atoms with Crippen molar-refractivity contribution in [2.24, 2.45) is 5.73 Å². The standard InChI is InChI=1S/C16H16FN3O/c1-20-7-6-12-13(10-2-4-11(17)5-3-10)8-14(16(18)21)19-15(12)9-20/h2-5,8H,6-7,9H2,1H3,(H2,18,21). The zero-order valence-electron chi connectivity index (χ0n) is 11.8. The molecule has 0 radical (unpaired) electrons. The molecule has 0 saturated heterocycles. The molecule has 0 spiro atoms. The largest absolute Gasteiger partial charge is 0.364 e. The van der Waals surface area contributed by atoms with Crippen LogP contribution in [0, 0.1) is 5.82 Å². The minimum Gasteiger partial charge on any atom is -0.364 e. The number of amides is 1. The lowest BCUT2D eigenvalue weighted by molar-refractivity contribution is 0.0995. The van der Waals surface area contributed by atoms with Gasteiger partial charge in [-0.2, -0.15) is 0 Å². The Labute approximate surface area is 122 Å². The van der Waals surface area contributed by atoms with Gasteiger partial charge in [-0.1, -0.05) is 12.1 Å². The first-order valence-corrected chi connectivity index (χ1v) is 6.81. The number of pyridine rings is 1. The van der Waals surface area contributed by atoms with E-state index in [1.807, 2.05) is 7.05 Å². The Hall–Kier alpha value is -2.27. The van der Waals surface area contributed by atoms with E-state index in [1.165, 1.54) is 12.1 Å². The fraction of sp³-hybridized carbons (Fsp3) is 0.250. The van der Waals surface area contributed by atoms with Crippen molar-refractivity contribution in [1.29, 1.82) is 0 Å². The van der Waals surface area contributed by atoms with E-state index in [0.29, 0.717) is 6.54 Å². The number of rotatable bonds is 2. The summed E-state index contributed by atoms with van der Waals surface area (Å²) in [5.74, 6) is -0.828. The third-order valence-electron chi connectivity index (χ3n) is 3.78. The summed E-state index contributed by atoms with van der Waals surface area (Å²) < 4.78 is 13.1. The predicted octanol–water partition coefficient (Wildman–Crippen LogP) is 1.97. The van der Waals surface area contributed by atoms with Crippen LogP contribution in [0.2, 0.25) is 0 Å². The molecule has 2 aromatic rings. The average molecular weight is 285 g/mol. The molecule has 3 rings (SSSR count). The quantitative estimate of drug-likeness (QED) is 0.917. The molecule has 1 aromatic heterocycles. The Morgan fingerprint density at radius 3 is 2.71 bits per heavy atom. The first-order chi connectivity index (χ1) is 10.0. The SMILES string of the molecule is CN1CCc2c(-c3ccc(F)cc3)cc(C(N)=O)nc2C1. The molecule has 0 bridgehead atoms. The molecular weight excluding hydrogens is 269 g/mol. The summed E-state index contributed by atoms with van der Waals surface area (Å²) >= 11 is 0.